The zero-order valence-electron chi connectivity index (χ0n) is 19.8. The van der Waals surface area contributed by atoms with Crippen LogP contribution in [0.3, 0.4) is 0 Å². The zero-order valence-corrected chi connectivity index (χ0v) is 19.8. The third-order valence-corrected chi connectivity index (χ3v) is 7.14. The van der Waals surface area contributed by atoms with Gasteiger partial charge in [-0.1, -0.05) is 54.6 Å². The van der Waals surface area contributed by atoms with Crippen LogP contribution in [-0.2, 0) is 24.4 Å². The van der Waals surface area contributed by atoms with Gasteiger partial charge in [-0.05, 0) is 65.1 Å². The molecular weight excluding hydrogens is 445 g/mol. The molecule has 6 heteroatoms. The van der Waals surface area contributed by atoms with Gasteiger partial charge in [0, 0.05) is 13.1 Å². The van der Waals surface area contributed by atoms with Gasteiger partial charge >= 0.3 is 0 Å². The first-order valence-corrected chi connectivity index (χ1v) is 12.3. The Balaban J connectivity index is 1.16. The number of likely N-dealkylation sites (tertiary alicyclic amines) is 1. The number of hydrogen-bond donors (Lipinski definition) is 2. The van der Waals surface area contributed by atoms with E-state index in [1.165, 1.54) is 22.8 Å². The van der Waals surface area contributed by atoms with Crippen LogP contribution in [0.5, 0.6) is 5.75 Å². The van der Waals surface area contributed by atoms with Crippen molar-refractivity contribution in [2.45, 2.75) is 50.7 Å². The first kappa shape index (κ1) is 23.9. The molecular formula is C29H32FNO4. The first-order valence-electron chi connectivity index (χ1n) is 12.3. The van der Waals surface area contributed by atoms with Crippen molar-refractivity contribution in [3.05, 3.63) is 100 Å². The molecule has 184 valence electrons. The van der Waals surface area contributed by atoms with Crippen molar-refractivity contribution >= 4 is 0 Å². The van der Waals surface area contributed by atoms with Gasteiger partial charge in [0.15, 0.2) is 11.6 Å². The second-order valence-corrected chi connectivity index (χ2v) is 9.51. The van der Waals surface area contributed by atoms with Crippen LogP contribution in [0.2, 0.25) is 0 Å². The van der Waals surface area contributed by atoms with Crippen molar-refractivity contribution in [3.63, 3.8) is 0 Å². The van der Waals surface area contributed by atoms with E-state index >= 15 is 0 Å². The van der Waals surface area contributed by atoms with Gasteiger partial charge in [0.25, 0.3) is 0 Å². The average molecular weight is 478 g/mol. The molecule has 5 nitrogen and oxygen atoms in total. The largest absolute Gasteiger partial charge is 0.486 e. The van der Waals surface area contributed by atoms with Crippen LogP contribution in [-0.4, -0.2) is 41.0 Å². The first-order chi connectivity index (χ1) is 17.1. The van der Waals surface area contributed by atoms with Gasteiger partial charge in [-0.3, -0.25) is 4.90 Å². The van der Waals surface area contributed by atoms with Crippen LogP contribution in [0.25, 0.3) is 0 Å². The normalized spacial score (nSPS) is 21.3. The molecule has 0 radical (unpaired) electrons. The van der Waals surface area contributed by atoms with Crippen LogP contribution in [0.1, 0.15) is 52.7 Å². The Morgan fingerprint density at radius 1 is 1.06 bits per heavy atom. The van der Waals surface area contributed by atoms with E-state index in [2.05, 4.69) is 18.2 Å². The maximum atomic E-state index is 14.6. The summed E-state index contributed by atoms with van der Waals surface area (Å²) in [5.74, 6) is -0.0849. The van der Waals surface area contributed by atoms with E-state index in [1.54, 1.807) is 12.1 Å². The van der Waals surface area contributed by atoms with E-state index in [0.717, 1.165) is 25.0 Å². The number of β-amino-alcohol motifs (C(OH)–C–C–N with tert-alkyl or cyclic N) is 1. The zero-order chi connectivity index (χ0) is 24.2. The van der Waals surface area contributed by atoms with Gasteiger partial charge in [0.1, 0.15) is 12.8 Å². The van der Waals surface area contributed by atoms with E-state index < -0.39 is 18.1 Å². The molecule has 3 aromatic carbocycles. The van der Waals surface area contributed by atoms with Crippen molar-refractivity contribution in [1.29, 1.82) is 0 Å². The number of rotatable bonds is 7. The fraction of sp³-hybridized carbons (Fsp3) is 0.379. The lowest BCUT2D eigenvalue weighted by Crippen LogP contribution is -2.43. The van der Waals surface area contributed by atoms with Gasteiger partial charge in [-0.25, -0.2) is 4.39 Å². The van der Waals surface area contributed by atoms with E-state index in [0.29, 0.717) is 25.1 Å². The standard InChI is InChI=1S/C29H32FNO4/c30-26-15-24(8-9-28(26)35-18-20-4-2-1-3-5-20)27(32)17-31-12-10-23(16-29(31)33)22-7-6-21-11-13-34-19-25(21)14-22/h1-9,14-15,23,27,29,32-33H,10-13,16-19H2. The summed E-state index contributed by atoms with van der Waals surface area (Å²) in [6.07, 6.45) is 0.889. The quantitative estimate of drug-likeness (QED) is 0.516. The van der Waals surface area contributed by atoms with Gasteiger partial charge in [-0.15, -0.1) is 0 Å². The van der Waals surface area contributed by atoms with Crippen LogP contribution >= 0.6 is 0 Å². The number of hydrogen-bond acceptors (Lipinski definition) is 5. The van der Waals surface area contributed by atoms with Crippen LogP contribution in [0.15, 0.2) is 66.7 Å². The van der Waals surface area contributed by atoms with Crippen LogP contribution in [0.4, 0.5) is 4.39 Å². The number of fused-ring (bicyclic) bond motifs is 1. The van der Waals surface area contributed by atoms with E-state index in [1.807, 2.05) is 35.2 Å². The molecule has 2 aliphatic heterocycles. The highest BCUT2D eigenvalue weighted by atomic mass is 19.1. The van der Waals surface area contributed by atoms with Crippen molar-refractivity contribution in [2.24, 2.45) is 0 Å². The summed E-state index contributed by atoms with van der Waals surface area (Å²) in [4.78, 5) is 1.88. The molecule has 2 heterocycles. The van der Waals surface area contributed by atoms with Gasteiger partial charge in [0.2, 0.25) is 0 Å². The number of benzene rings is 3. The van der Waals surface area contributed by atoms with Crippen molar-refractivity contribution in [2.75, 3.05) is 19.7 Å². The monoisotopic (exact) mass is 477 g/mol. The maximum absolute atomic E-state index is 14.6. The van der Waals surface area contributed by atoms with Gasteiger partial charge in [-0.2, -0.15) is 0 Å². The number of piperidine rings is 1. The number of ether oxygens (including phenoxy) is 2. The average Bonchev–Trinajstić information content (AvgIpc) is 2.89. The highest BCUT2D eigenvalue weighted by molar-refractivity contribution is 5.35. The highest BCUT2D eigenvalue weighted by Crippen LogP contribution is 2.34. The van der Waals surface area contributed by atoms with E-state index in [4.69, 9.17) is 9.47 Å². The molecule has 5 rings (SSSR count). The summed E-state index contributed by atoms with van der Waals surface area (Å²) >= 11 is 0. The van der Waals surface area contributed by atoms with E-state index in [9.17, 15) is 14.6 Å². The van der Waals surface area contributed by atoms with E-state index in [-0.39, 0.29) is 24.8 Å². The highest BCUT2D eigenvalue weighted by Gasteiger charge is 2.30. The molecule has 0 saturated carbocycles. The molecule has 1 saturated heterocycles. The third-order valence-electron chi connectivity index (χ3n) is 7.14. The van der Waals surface area contributed by atoms with Crippen molar-refractivity contribution in [3.8, 4) is 5.75 Å². The molecule has 3 aromatic rings. The second-order valence-electron chi connectivity index (χ2n) is 9.51. The summed E-state index contributed by atoms with van der Waals surface area (Å²) in [5, 5.41) is 21.6. The predicted octanol–water partition coefficient (Wildman–Crippen LogP) is 4.71. The molecule has 2 aliphatic rings. The summed E-state index contributed by atoms with van der Waals surface area (Å²) in [6, 6.07) is 20.7. The number of halogens is 1. The Morgan fingerprint density at radius 2 is 1.91 bits per heavy atom. The Kier molecular flexibility index (Phi) is 7.44. The van der Waals surface area contributed by atoms with Gasteiger partial charge < -0.3 is 19.7 Å². The molecule has 35 heavy (non-hydrogen) atoms. The summed E-state index contributed by atoms with van der Waals surface area (Å²) in [6.45, 7) is 2.62. The fourth-order valence-electron chi connectivity index (χ4n) is 5.05. The molecule has 1 fully saturated rings. The molecule has 0 aromatic heterocycles. The number of aliphatic hydroxyl groups excluding tert-OH is 2. The molecule has 0 aliphatic carbocycles. The molecule has 0 spiro atoms. The summed E-state index contributed by atoms with van der Waals surface area (Å²) < 4.78 is 25.8. The minimum atomic E-state index is -0.903. The Hall–Kier alpha value is -2.77. The number of aliphatic hydroxyl groups is 2. The van der Waals surface area contributed by atoms with Crippen LogP contribution in [0, 0.1) is 5.82 Å². The Morgan fingerprint density at radius 3 is 2.71 bits per heavy atom. The van der Waals surface area contributed by atoms with Crippen molar-refractivity contribution < 1.29 is 24.1 Å². The third kappa shape index (κ3) is 5.73. The summed E-state index contributed by atoms with van der Waals surface area (Å²) in [7, 11) is 0. The molecule has 3 atom stereocenters. The lowest BCUT2D eigenvalue weighted by atomic mass is 9.86. The lowest BCUT2D eigenvalue weighted by Gasteiger charge is -2.38. The molecule has 0 bridgehead atoms. The maximum Gasteiger partial charge on any atom is 0.165 e. The van der Waals surface area contributed by atoms with Crippen molar-refractivity contribution in [1.82, 2.24) is 4.90 Å². The Labute approximate surface area is 205 Å². The Bertz CT molecular complexity index is 1140. The smallest absolute Gasteiger partial charge is 0.165 e. The predicted molar refractivity (Wildman–Crippen MR) is 131 cm³/mol. The topological polar surface area (TPSA) is 62.2 Å². The summed E-state index contributed by atoms with van der Waals surface area (Å²) in [5.41, 5.74) is 5.27. The lowest BCUT2D eigenvalue weighted by molar-refractivity contribution is -0.0518. The molecule has 2 N–H and O–H groups in total. The molecule has 3 unspecified atom stereocenters. The minimum absolute atomic E-state index is 0.154. The second kappa shape index (κ2) is 10.9. The number of nitrogens with zero attached hydrogens (tertiary/aromatic N) is 1. The van der Waals surface area contributed by atoms with Crippen LogP contribution < -0.4 is 4.74 Å². The fourth-order valence-corrected chi connectivity index (χ4v) is 5.05. The molecule has 0 amide bonds. The minimum Gasteiger partial charge on any atom is -0.486 e. The van der Waals surface area contributed by atoms with Gasteiger partial charge in [0.05, 0.1) is 19.3 Å². The SMILES string of the molecule is OC(CN1CCC(c2ccc3c(c2)COCC3)CC1O)c1ccc(OCc2ccccc2)c(F)c1.